The molecule has 3 rings (SSSR count). The third kappa shape index (κ3) is 4.50. The number of anilines is 2. The monoisotopic (exact) mass is 349 g/mol. The van der Waals surface area contributed by atoms with E-state index >= 15 is 0 Å². The van der Waals surface area contributed by atoms with Gasteiger partial charge in [-0.05, 0) is 37.5 Å². The van der Waals surface area contributed by atoms with Crippen LogP contribution in [0.3, 0.4) is 0 Å². The Morgan fingerprint density at radius 3 is 2.67 bits per heavy atom. The Labute approximate surface area is 142 Å². The first kappa shape index (κ1) is 16.8. The minimum absolute atomic E-state index is 0.181. The maximum absolute atomic E-state index is 12.1. The van der Waals surface area contributed by atoms with Crippen LogP contribution in [0, 0.1) is 0 Å². The topological polar surface area (TPSA) is 78.5 Å². The molecule has 2 aliphatic rings. The Balaban J connectivity index is 1.58. The lowest BCUT2D eigenvalue weighted by atomic mass is 10.0. The molecule has 0 bridgehead atoms. The van der Waals surface area contributed by atoms with Crippen molar-refractivity contribution >= 4 is 27.2 Å². The fraction of sp³-hybridized carbons (Fsp3) is 0.471. The highest BCUT2D eigenvalue weighted by molar-refractivity contribution is 7.91. The van der Waals surface area contributed by atoms with Crippen LogP contribution in [0.4, 0.5) is 16.2 Å². The molecule has 6 nitrogen and oxygen atoms in total. The van der Waals surface area contributed by atoms with E-state index in [1.54, 1.807) is 0 Å². The van der Waals surface area contributed by atoms with Crippen molar-refractivity contribution in [2.75, 3.05) is 34.8 Å². The van der Waals surface area contributed by atoms with Crippen LogP contribution in [-0.2, 0) is 9.84 Å². The second-order valence-corrected chi connectivity index (χ2v) is 8.57. The molecule has 0 spiro atoms. The number of nitrogens with one attached hydrogen (secondary N) is 2. The summed E-state index contributed by atoms with van der Waals surface area (Å²) in [6.07, 6.45) is 7.07. The number of hydrogen-bond donors (Lipinski definition) is 2. The van der Waals surface area contributed by atoms with Gasteiger partial charge in [0.25, 0.3) is 0 Å². The maximum atomic E-state index is 12.1. The first-order valence-corrected chi connectivity index (χ1v) is 10.1. The van der Waals surface area contributed by atoms with Crippen LogP contribution in [0.2, 0.25) is 0 Å². The van der Waals surface area contributed by atoms with Crippen molar-refractivity contribution in [1.29, 1.82) is 0 Å². The van der Waals surface area contributed by atoms with Gasteiger partial charge in [-0.25, -0.2) is 13.2 Å². The summed E-state index contributed by atoms with van der Waals surface area (Å²) in [5.74, 6) is 0.362. The molecule has 2 N–H and O–H groups in total. The molecule has 2 amide bonds. The lowest BCUT2D eigenvalue weighted by molar-refractivity contribution is 0.247. The molecule has 7 heteroatoms. The molecular formula is C17H23N3O3S. The molecule has 1 saturated heterocycles. The zero-order valence-corrected chi connectivity index (χ0v) is 14.4. The second-order valence-electron chi connectivity index (χ2n) is 6.27. The van der Waals surface area contributed by atoms with Crippen LogP contribution in [0.1, 0.15) is 19.3 Å². The van der Waals surface area contributed by atoms with Crippen molar-refractivity contribution in [2.45, 2.75) is 25.3 Å². The van der Waals surface area contributed by atoms with E-state index in [2.05, 4.69) is 22.8 Å². The quantitative estimate of drug-likeness (QED) is 0.820. The van der Waals surface area contributed by atoms with E-state index in [0.29, 0.717) is 18.8 Å². The summed E-state index contributed by atoms with van der Waals surface area (Å²) >= 11 is 0. The SMILES string of the molecule is O=C(Nc1cccc(N2CCS(=O)(=O)CC2)c1)N[C@@H]1CC=CCC1. The van der Waals surface area contributed by atoms with E-state index < -0.39 is 9.84 Å². The summed E-state index contributed by atoms with van der Waals surface area (Å²) < 4.78 is 23.1. The predicted octanol–water partition coefficient (Wildman–Crippen LogP) is 2.15. The number of carbonyl (C=O) groups excluding carboxylic acids is 1. The van der Waals surface area contributed by atoms with Crippen molar-refractivity contribution in [2.24, 2.45) is 0 Å². The summed E-state index contributed by atoms with van der Waals surface area (Å²) in [5.41, 5.74) is 1.65. The van der Waals surface area contributed by atoms with E-state index in [0.717, 1.165) is 24.9 Å². The average Bonchev–Trinajstić information content (AvgIpc) is 2.56. The lowest BCUT2D eigenvalue weighted by Crippen LogP contribution is -2.40. The highest BCUT2D eigenvalue weighted by atomic mass is 32.2. The van der Waals surface area contributed by atoms with E-state index in [1.807, 2.05) is 29.2 Å². The Morgan fingerprint density at radius 1 is 1.17 bits per heavy atom. The minimum atomic E-state index is -2.90. The molecular weight excluding hydrogens is 326 g/mol. The van der Waals surface area contributed by atoms with Crippen LogP contribution in [0.15, 0.2) is 36.4 Å². The van der Waals surface area contributed by atoms with Crippen LogP contribution in [-0.4, -0.2) is 45.1 Å². The standard InChI is InChI=1S/C17H23N3O3S/c21-17(18-14-5-2-1-3-6-14)19-15-7-4-8-16(13-15)20-9-11-24(22,23)12-10-20/h1-2,4,7-8,13-14H,3,5-6,9-12H2,(H2,18,19,21)/t14-/m1/s1. The van der Waals surface area contributed by atoms with Gasteiger partial charge in [-0.1, -0.05) is 18.2 Å². The first-order chi connectivity index (χ1) is 11.5. The van der Waals surface area contributed by atoms with E-state index in [4.69, 9.17) is 0 Å². The molecule has 0 aromatic heterocycles. The van der Waals surface area contributed by atoms with Crippen molar-refractivity contribution in [3.8, 4) is 0 Å². The highest BCUT2D eigenvalue weighted by Gasteiger charge is 2.22. The van der Waals surface area contributed by atoms with Crippen LogP contribution in [0.25, 0.3) is 0 Å². The molecule has 130 valence electrons. The number of carbonyl (C=O) groups is 1. The maximum Gasteiger partial charge on any atom is 0.319 e. The van der Waals surface area contributed by atoms with Gasteiger partial charge >= 0.3 is 6.03 Å². The van der Waals surface area contributed by atoms with Crippen molar-refractivity contribution < 1.29 is 13.2 Å². The molecule has 1 aliphatic heterocycles. The molecule has 1 atom stereocenters. The molecule has 1 fully saturated rings. The normalized spacial score (nSPS) is 22.8. The lowest BCUT2D eigenvalue weighted by Gasteiger charge is -2.29. The largest absolute Gasteiger partial charge is 0.369 e. The molecule has 1 aliphatic carbocycles. The molecule has 1 aromatic carbocycles. The van der Waals surface area contributed by atoms with Gasteiger partial charge in [0.05, 0.1) is 11.5 Å². The third-order valence-electron chi connectivity index (χ3n) is 4.42. The van der Waals surface area contributed by atoms with Gasteiger partial charge in [0, 0.05) is 30.5 Å². The smallest absolute Gasteiger partial charge is 0.319 e. The average molecular weight is 349 g/mol. The van der Waals surface area contributed by atoms with E-state index in [1.165, 1.54) is 0 Å². The fourth-order valence-corrected chi connectivity index (χ4v) is 4.23. The first-order valence-electron chi connectivity index (χ1n) is 8.30. The number of urea groups is 1. The summed E-state index contributed by atoms with van der Waals surface area (Å²) in [5, 5.41) is 5.85. The van der Waals surface area contributed by atoms with Gasteiger partial charge in [-0.3, -0.25) is 0 Å². The Morgan fingerprint density at radius 2 is 1.96 bits per heavy atom. The number of rotatable bonds is 3. The zero-order valence-electron chi connectivity index (χ0n) is 13.6. The number of benzene rings is 1. The summed E-state index contributed by atoms with van der Waals surface area (Å²) in [6, 6.07) is 7.52. The number of nitrogens with zero attached hydrogens (tertiary/aromatic N) is 1. The van der Waals surface area contributed by atoms with E-state index in [9.17, 15) is 13.2 Å². The number of hydrogen-bond acceptors (Lipinski definition) is 4. The van der Waals surface area contributed by atoms with Gasteiger partial charge in [0.2, 0.25) is 0 Å². The number of sulfone groups is 1. The van der Waals surface area contributed by atoms with Crippen molar-refractivity contribution in [3.63, 3.8) is 0 Å². The zero-order chi connectivity index (χ0) is 17.0. The van der Waals surface area contributed by atoms with Gasteiger partial charge in [-0.15, -0.1) is 0 Å². The highest BCUT2D eigenvalue weighted by Crippen LogP contribution is 2.21. The van der Waals surface area contributed by atoms with E-state index in [-0.39, 0.29) is 23.6 Å². The Kier molecular flexibility index (Phi) is 5.08. The third-order valence-corrected chi connectivity index (χ3v) is 6.03. The van der Waals surface area contributed by atoms with Crippen molar-refractivity contribution in [1.82, 2.24) is 5.32 Å². The van der Waals surface area contributed by atoms with Crippen LogP contribution in [0.5, 0.6) is 0 Å². The summed E-state index contributed by atoms with van der Waals surface area (Å²) in [4.78, 5) is 14.2. The van der Waals surface area contributed by atoms with Crippen molar-refractivity contribution in [3.05, 3.63) is 36.4 Å². The van der Waals surface area contributed by atoms with Gasteiger partial charge in [0.1, 0.15) is 0 Å². The summed E-state index contributed by atoms with van der Waals surface area (Å²) in [7, 11) is -2.90. The van der Waals surface area contributed by atoms with Gasteiger partial charge in [0.15, 0.2) is 9.84 Å². The summed E-state index contributed by atoms with van der Waals surface area (Å²) in [6.45, 7) is 0.985. The van der Waals surface area contributed by atoms with Crippen LogP contribution < -0.4 is 15.5 Å². The molecule has 24 heavy (non-hydrogen) atoms. The molecule has 0 saturated carbocycles. The molecule has 1 heterocycles. The minimum Gasteiger partial charge on any atom is -0.369 e. The molecule has 1 aromatic rings. The second kappa shape index (κ2) is 7.25. The number of allylic oxidation sites excluding steroid dienone is 1. The molecule has 0 radical (unpaired) electrons. The Hall–Kier alpha value is -2.02. The molecule has 0 unspecified atom stereocenters. The Bertz CT molecular complexity index is 716. The number of amides is 2. The van der Waals surface area contributed by atoms with Gasteiger partial charge < -0.3 is 15.5 Å². The fourth-order valence-electron chi connectivity index (χ4n) is 3.03. The van der Waals surface area contributed by atoms with Crippen LogP contribution >= 0.6 is 0 Å². The predicted molar refractivity (Wildman–Crippen MR) is 96.2 cm³/mol. The van der Waals surface area contributed by atoms with Gasteiger partial charge in [-0.2, -0.15) is 0 Å².